The van der Waals surface area contributed by atoms with Crippen LogP contribution in [0.3, 0.4) is 0 Å². The van der Waals surface area contributed by atoms with E-state index in [-0.39, 0.29) is 30.0 Å². The van der Waals surface area contributed by atoms with Gasteiger partial charge in [-0.1, -0.05) is 29.8 Å². The normalized spacial score (nSPS) is 15.4. The average Bonchev–Trinajstić information content (AvgIpc) is 2.60. The molecule has 0 spiro atoms. The highest BCUT2D eigenvalue weighted by Gasteiger charge is 2.18. The molecule has 0 saturated heterocycles. The Morgan fingerprint density at radius 2 is 2.18 bits per heavy atom. The van der Waals surface area contributed by atoms with Crippen LogP contribution >= 0.6 is 15.9 Å². The Balaban J connectivity index is 1.90. The number of fused-ring (bicyclic) bond motifs is 1. The topological polar surface area (TPSA) is 102 Å². The lowest BCUT2D eigenvalue weighted by Crippen LogP contribution is -2.37. The van der Waals surface area contributed by atoms with Gasteiger partial charge in [-0.2, -0.15) is 5.10 Å². The van der Waals surface area contributed by atoms with Gasteiger partial charge < -0.3 is 11.1 Å². The molecule has 1 aliphatic rings. The lowest BCUT2D eigenvalue weighted by Gasteiger charge is -2.22. The summed E-state index contributed by atoms with van der Waals surface area (Å²) in [5, 5.41) is 8.54. The number of amidine groups is 1. The van der Waals surface area contributed by atoms with E-state index in [1.54, 1.807) is 12.1 Å². The van der Waals surface area contributed by atoms with Gasteiger partial charge >= 0.3 is 0 Å². The predicted molar refractivity (Wildman–Crippen MR) is 114 cm³/mol. The maximum atomic E-state index is 12.8. The fraction of sp³-hybridized carbons (Fsp3) is 0.400. The molecule has 1 aromatic carbocycles. The van der Waals surface area contributed by atoms with E-state index in [1.807, 2.05) is 26.0 Å². The molecule has 7 nitrogen and oxygen atoms in total. The van der Waals surface area contributed by atoms with Gasteiger partial charge in [0.15, 0.2) is 0 Å². The Labute approximate surface area is 171 Å². The van der Waals surface area contributed by atoms with Crippen LogP contribution in [0.4, 0.5) is 0 Å². The molecule has 28 heavy (non-hydrogen) atoms. The van der Waals surface area contributed by atoms with Gasteiger partial charge in [0.25, 0.3) is 5.56 Å². The molecule has 1 fully saturated rings. The van der Waals surface area contributed by atoms with Crippen LogP contribution < -0.4 is 16.6 Å². The maximum absolute atomic E-state index is 12.8. The zero-order chi connectivity index (χ0) is 20.3. The molecule has 148 valence electrons. The van der Waals surface area contributed by atoms with Gasteiger partial charge in [0, 0.05) is 9.86 Å². The molecule has 0 atom stereocenters. The molecule has 3 N–H and O–H groups in total. The number of rotatable bonds is 5. The minimum Gasteiger partial charge on any atom is -0.404 e. The summed E-state index contributed by atoms with van der Waals surface area (Å²) in [4.78, 5) is 29.9. The first-order valence-corrected chi connectivity index (χ1v) is 10.1. The molecule has 0 bridgehead atoms. The molecule has 1 aliphatic carbocycles. The van der Waals surface area contributed by atoms with Crippen molar-refractivity contribution in [2.45, 2.75) is 51.6 Å². The van der Waals surface area contributed by atoms with Crippen molar-refractivity contribution in [2.24, 2.45) is 10.7 Å². The monoisotopic (exact) mass is 445 g/mol. The van der Waals surface area contributed by atoms with E-state index in [0.717, 1.165) is 34.8 Å². The SMILES string of the molecule is CC(C)c1nn(CC(=O)NC(/C=C\N)=NC2CCC2)c(=O)c2ccc(Br)cc12. The number of carbonyl (C=O) groups is 1. The van der Waals surface area contributed by atoms with Crippen LogP contribution in [-0.4, -0.2) is 27.6 Å². The molecule has 0 aliphatic heterocycles. The zero-order valence-corrected chi connectivity index (χ0v) is 17.6. The molecular formula is C20H24BrN5O2. The Hall–Kier alpha value is -2.48. The summed E-state index contributed by atoms with van der Waals surface area (Å²) < 4.78 is 2.10. The van der Waals surface area contributed by atoms with E-state index >= 15 is 0 Å². The number of halogens is 1. The van der Waals surface area contributed by atoms with Crippen molar-refractivity contribution in [3.05, 3.63) is 51.0 Å². The summed E-state index contributed by atoms with van der Waals surface area (Å²) in [5.41, 5.74) is 5.94. The highest BCUT2D eigenvalue weighted by Crippen LogP contribution is 2.24. The maximum Gasteiger partial charge on any atom is 0.275 e. The van der Waals surface area contributed by atoms with E-state index in [0.29, 0.717) is 11.2 Å². The average molecular weight is 446 g/mol. The van der Waals surface area contributed by atoms with Crippen molar-refractivity contribution in [2.75, 3.05) is 0 Å². The molecule has 3 rings (SSSR count). The van der Waals surface area contributed by atoms with Crippen LogP contribution in [-0.2, 0) is 11.3 Å². The van der Waals surface area contributed by atoms with Gasteiger partial charge in [-0.25, -0.2) is 4.68 Å². The fourth-order valence-corrected chi connectivity index (χ4v) is 3.42. The first kappa shape index (κ1) is 20.3. The molecule has 1 amide bonds. The second-order valence-corrected chi connectivity index (χ2v) is 8.11. The Morgan fingerprint density at radius 1 is 1.43 bits per heavy atom. The van der Waals surface area contributed by atoms with Crippen molar-refractivity contribution < 1.29 is 4.79 Å². The third-order valence-corrected chi connectivity index (χ3v) is 5.20. The smallest absolute Gasteiger partial charge is 0.275 e. The van der Waals surface area contributed by atoms with Crippen molar-refractivity contribution in [3.8, 4) is 0 Å². The van der Waals surface area contributed by atoms with Gasteiger partial charge in [-0.3, -0.25) is 14.6 Å². The number of carbonyl (C=O) groups excluding carboxylic acids is 1. The number of aliphatic imine (C=N–C) groups is 1. The highest BCUT2D eigenvalue weighted by atomic mass is 79.9. The van der Waals surface area contributed by atoms with E-state index in [9.17, 15) is 9.59 Å². The van der Waals surface area contributed by atoms with Gasteiger partial charge in [0.2, 0.25) is 5.91 Å². The first-order valence-electron chi connectivity index (χ1n) is 9.35. The Morgan fingerprint density at radius 3 is 2.79 bits per heavy atom. The van der Waals surface area contributed by atoms with E-state index in [4.69, 9.17) is 5.73 Å². The highest BCUT2D eigenvalue weighted by molar-refractivity contribution is 9.10. The standard InChI is InChI=1S/C20H24BrN5O2/c1-12(2)19-16-10-13(21)6-7-15(16)20(28)26(25-19)11-18(27)24-17(8-9-22)23-14-4-3-5-14/h6-10,12,14H,3-5,11,22H2,1-2H3,(H,23,24,27)/b9-8-. The molecule has 0 unspecified atom stereocenters. The lowest BCUT2D eigenvalue weighted by atomic mass is 9.94. The number of amides is 1. The molecule has 1 saturated carbocycles. The number of nitrogens with zero attached hydrogens (tertiary/aromatic N) is 3. The molecule has 2 aromatic rings. The third kappa shape index (κ3) is 4.49. The van der Waals surface area contributed by atoms with Crippen LogP contribution in [0.1, 0.15) is 44.7 Å². The lowest BCUT2D eigenvalue weighted by molar-refractivity contribution is -0.120. The molecule has 1 aromatic heterocycles. The Kier molecular flexibility index (Phi) is 6.28. The summed E-state index contributed by atoms with van der Waals surface area (Å²) in [6.07, 6.45) is 6.07. The van der Waals surface area contributed by atoms with Crippen molar-refractivity contribution in [1.29, 1.82) is 0 Å². The molecule has 1 heterocycles. The number of aromatic nitrogens is 2. The van der Waals surface area contributed by atoms with E-state index in [1.165, 1.54) is 10.9 Å². The predicted octanol–water partition coefficient (Wildman–Crippen LogP) is 2.82. The van der Waals surface area contributed by atoms with Gasteiger partial charge in [0.1, 0.15) is 12.4 Å². The summed E-state index contributed by atoms with van der Waals surface area (Å²) in [6.45, 7) is 3.83. The summed E-state index contributed by atoms with van der Waals surface area (Å²) in [7, 11) is 0. The summed E-state index contributed by atoms with van der Waals surface area (Å²) in [5.74, 6) is 0.151. The van der Waals surface area contributed by atoms with Crippen LogP contribution in [0, 0.1) is 0 Å². The van der Waals surface area contributed by atoms with Crippen LogP contribution in [0.25, 0.3) is 10.8 Å². The zero-order valence-electron chi connectivity index (χ0n) is 16.0. The van der Waals surface area contributed by atoms with Crippen LogP contribution in [0.15, 0.2) is 44.7 Å². The number of nitrogens with one attached hydrogen (secondary N) is 1. The number of hydrogen-bond acceptors (Lipinski definition) is 5. The second-order valence-electron chi connectivity index (χ2n) is 7.20. The molecule has 8 heteroatoms. The van der Waals surface area contributed by atoms with Crippen LogP contribution in [0.5, 0.6) is 0 Å². The molecule has 0 radical (unpaired) electrons. The summed E-state index contributed by atoms with van der Waals surface area (Å²) in [6, 6.07) is 5.68. The number of nitrogens with two attached hydrogens (primary N) is 1. The molecular weight excluding hydrogens is 422 g/mol. The van der Waals surface area contributed by atoms with E-state index < -0.39 is 0 Å². The fourth-order valence-electron chi connectivity index (χ4n) is 3.06. The van der Waals surface area contributed by atoms with Crippen molar-refractivity contribution >= 4 is 38.4 Å². The largest absolute Gasteiger partial charge is 0.404 e. The minimum atomic E-state index is -0.364. The third-order valence-electron chi connectivity index (χ3n) is 4.71. The second kappa shape index (κ2) is 8.68. The Bertz CT molecular complexity index is 1010. The summed E-state index contributed by atoms with van der Waals surface area (Å²) >= 11 is 3.44. The first-order chi connectivity index (χ1) is 13.4. The minimum absolute atomic E-state index is 0.0997. The van der Waals surface area contributed by atoms with Gasteiger partial charge in [-0.15, -0.1) is 0 Å². The van der Waals surface area contributed by atoms with Crippen molar-refractivity contribution in [1.82, 2.24) is 15.1 Å². The van der Waals surface area contributed by atoms with E-state index in [2.05, 4.69) is 31.3 Å². The van der Waals surface area contributed by atoms with Gasteiger partial charge in [-0.05, 0) is 55.7 Å². The number of benzene rings is 1. The number of hydrogen-bond donors (Lipinski definition) is 2. The van der Waals surface area contributed by atoms with Crippen LogP contribution in [0.2, 0.25) is 0 Å². The van der Waals surface area contributed by atoms with Gasteiger partial charge in [0.05, 0.1) is 17.1 Å². The van der Waals surface area contributed by atoms with Crippen molar-refractivity contribution in [3.63, 3.8) is 0 Å². The quantitative estimate of drug-likeness (QED) is 0.545.